The van der Waals surface area contributed by atoms with Crippen LogP contribution < -0.4 is 15.4 Å². The quantitative estimate of drug-likeness (QED) is 0.366. The molecule has 2 amide bonds. The number of hydrogen-bond acceptors (Lipinski definition) is 6. The van der Waals surface area contributed by atoms with Crippen molar-refractivity contribution in [2.45, 2.75) is 57.2 Å². The Morgan fingerprint density at radius 2 is 1.92 bits per heavy atom. The van der Waals surface area contributed by atoms with E-state index >= 15 is 0 Å². The van der Waals surface area contributed by atoms with Crippen LogP contribution in [0.15, 0.2) is 48.8 Å². The van der Waals surface area contributed by atoms with Crippen LogP contribution in [0.4, 0.5) is 10.5 Å². The summed E-state index contributed by atoms with van der Waals surface area (Å²) >= 11 is 0. The van der Waals surface area contributed by atoms with Gasteiger partial charge >= 0.3 is 6.03 Å². The second-order valence-corrected chi connectivity index (χ2v) is 9.65. The number of nitrogens with one attached hydrogen (secondary N) is 2. The van der Waals surface area contributed by atoms with Crippen LogP contribution >= 0.6 is 0 Å². The molecule has 10 heteroatoms. The fourth-order valence-corrected chi connectivity index (χ4v) is 4.95. The molecule has 0 aliphatic heterocycles. The standard InChI is InChI=1S/C27H28N8O2/c28-16-24-23-12-11-22(37-14-13-34-30-17-29-33-34)15-25(23)35(21-5-2-6-21)26(24)18-7-9-20(10-8-18)32-27(36)31-19-3-1-4-19/h7-12,15,17,19,21H,1-6,13-14H2,(H2,31,32,36). The van der Waals surface area contributed by atoms with E-state index in [1.165, 1.54) is 24.0 Å². The van der Waals surface area contributed by atoms with Gasteiger partial charge in [0.1, 0.15) is 18.4 Å². The number of nitrogens with zero attached hydrogens (tertiary/aromatic N) is 6. The molecule has 2 aliphatic rings. The Bertz CT molecular complexity index is 1440. The van der Waals surface area contributed by atoms with Crippen molar-refractivity contribution in [2.75, 3.05) is 11.9 Å². The van der Waals surface area contributed by atoms with Gasteiger partial charge in [-0.3, -0.25) is 0 Å². The maximum Gasteiger partial charge on any atom is 0.319 e. The van der Waals surface area contributed by atoms with Crippen molar-refractivity contribution in [1.29, 1.82) is 5.26 Å². The smallest absolute Gasteiger partial charge is 0.319 e. The zero-order valence-corrected chi connectivity index (χ0v) is 20.4. The Morgan fingerprint density at radius 3 is 2.57 bits per heavy atom. The number of benzene rings is 2. The molecule has 188 valence electrons. The maximum absolute atomic E-state index is 12.3. The largest absolute Gasteiger partial charge is 0.492 e. The van der Waals surface area contributed by atoms with Crippen molar-refractivity contribution in [3.8, 4) is 23.1 Å². The number of rotatable bonds is 8. The summed E-state index contributed by atoms with van der Waals surface area (Å²) in [6, 6.07) is 16.5. The predicted molar refractivity (Wildman–Crippen MR) is 138 cm³/mol. The van der Waals surface area contributed by atoms with Crippen LogP contribution in [0.25, 0.3) is 22.2 Å². The first-order valence-corrected chi connectivity index (χ1v) is 12.8. The zero-order valence-electron chi connectivity index (χ0n) is 20.4. The molecule has 0 spiro atoms. The van der Waals surface area contributed by atoms with Gasteiger partial charge < -0.3 is 19.9 Å². The summed E-state index contributed by atoms with van der Waals surface area (Å²) in [6.07, 6.45) is 7.98. The van der Waals surface area contributed by atoms with Crippen molar-refractivity contribution < 1.29 is 9.53 Å². The number of urea groups is 1. The number of amides is 2. The molecule has 0 atom stereocenters. The lowest BCUT2D eigenvalue weighted by atomic mass is 9.92. The van der Waals surface area contributed by atoms with E-state index in [2.05, 4.69) is 36.7 Å². The fourth-order valence-electron chi connectivity index (χ4n) is 4.95. The first kappa shape index (κ1) is 23.0. The van der Waals surface area contributed by atoms with Crippen LogP contribution in [-0.2, 0) is 6.54 Å². The number of nitriles is 1. The number of anilines is 1. The van der Waals surface area contributed by atoms with E-state index < -0.39 is 0 Å². The van der Waals surface area contributed by atoms with Crippen LogP contribution in [-0.4, -0.2) is 43.5 Å². The Hall–Kier alpha value is -4.39. The van der Waals surface area contributed by atoms with E-state index in [1.54, 1.807) is 0 Å². The van der Waals surface area contributed by atoms with Gasteiger partial charge in [0.2, 0.25) is 0 Å². The van der Waals surface area contributed by atoms with Gasteiger partial charge in [-0.25, -0.2) is 4.79 Å². The zero-order chi connectivity index (χ0) is 25.2. The van der Waals surface area contributed by atoms with Gasteiger partial charge in [-0.15, -0.1) is 10.2 Å². The Kier molecular flexibility index (Phi) is 6.18. The minimum atomic E-state index is -0.175. The Balaban J connectivity index is 1.29. The van der Waals surface area contributed by atoms with Crippen LogP contribution in [0.5, 0.6) is 5.75 Å². The normalized spacial score (nSPS) is 15.5. The SMILES string of the molecule is N#Cc1c(-c2ccc(NC(=O)NC3CCC3)cc2)n(C2CCC2)c2cc(OCCn3ncnn3)ccc12. The van der Waals surface area contributed by atoms with Crippen molar-refractivity contribution in [2.24, 2.45) is 0 Å². The summed E-state index contributed by atoms with van der Waals surface area (Å²) in [4.78, 5) is 13.7. The predicted octanol–water partition coefficient (Wildman–Crippen LogP) is 4.64. The Labute approximate surface area is 214 Å². The van der Waals surface area contributed by atoms with Gasteiger partial charge in [0.05, 0.1) is 23.3 Å². The minimum Gasteiger partial charge on any atom is -0.492 e. The number of carbonyl (C=O) groups is 1. The first-order chi connectivity index (χ1) is 18.2. The molecule has 2 aromatic heterocycles. The van der Waals surface area contributed by atoms with Crippen LogP contribution in [0.3, 0.4) is 0 Å². The number of tetrazole rings is 1. The molecule has 0 unspecified atom stereocenters. The molecule has 2 aromatic carbocycles. The van der Waals surface area contributed by atoms with Crippen LogP contribution in [0, 0.1) is 11.3 Å². The number of aromatic nitrogens is 5. The van der Waals surface area contributed by atoms with Gasteiger partial charge in [0.25, 0.3) is 0 Å². The average Bonchev–Trinajstić information content (AvgIpc) is 3.47. The summed E-state index contributed by atoms with van der Waals surface area (Å²) in [6.45, 7) is 0.905. The number of fused-ring (bicyclic) bond motifs is 1. The molecule has 2 saturated carbocycles. The molecule has 2 N–H and O–H groups in total. The monoisotopic (exact) mass is 496 g/mol. The van der Waals surface area contributed by atoms with Crippen molar-refractivity contribution in [3.05, 3.63) is 54.4 Å². The number of ether oxygens (including phenoxy) is 1. The van der Waals surface area contributed by atoms with E-state index in [9.17, 15) is 10.1 Å². The molecule has 37 heavy (non-hydrogen) atoms. The second-order valence-electron chi connectivity index (χ2n) is 9.65. The number of carbonyl (C=O) groups excluding carboxylic acids is 1. The molecule has 10 nitrogen and oxygen atoms in total. The fraction of sp³-hybridized carbons (Fsp3) is 0.370. The molecular weight excluding hydrogens is 468 g/mol. The molecule has 4 aromatic rings. The van der Waals surface area contributed by atoms with Crippen LogP contribution in [0.2, 0.25) is 0 Å². The van der Waals surface area contributed by atoms with Gasteiger partial charge in [-0.1, -0.05) is 12.1 Å². The van der Waals surface area contributed by atoms with Gasteiger partial charge in [-0.05, 0) is 73.6 Å². The van der Waals surface area contributed by atoms with E-state index in [0.717, 1.165) is 59.3 Å². The summed E-state index contributed by atoms with van der Waals surface area (Å²) in [5.74, 6) is 0.735. The molecule has 2 heterocycles. The van der Waals surface area contributed by atoms with Gasteiger partial charge in [0.15, 0.2) is 6.33 Å². The van der Waals surface area contributed by atoms with Gasteiger partial charge in [0, 0.05) is 29.2 Å². The highest BCUT2D eigenvalue weighted by Gasteiger charge is 2.28. The minimum absolute atomic E-state index is 0.175. The highest BCUT2D eigenvalue weighted by Crippen LogP contribution is 2.43. The molecule has 2 aliphatic carbocycles. The second kappa shape index (κ2) is 9.93. The van der Waals surface area contributed by atoms with Crippen LogP contribution in [0.1, 0.15) is 50.1 Å². The van der Waals surface area contributed by atoms with Crippen molar-refractivity contribution >= 4 is 22.6 Å². The van der Waals surface area contributed by atoms with E-state index in [1.807, 2.05) is 42.5 Å². The first-order valence-electron chi connectivity index (χ1n) is 12.8. The summed E-state index contributed by atoms with van der Waals surface area (Å²) in [5, 5.41) is 28.6. The lowest BCUT2D eigenvalue weighted by molar-refractivity contribution is 0.240. The average molecular weight is 497 g/mol. The van der Waals surface area contributed by atoms with Crippen molar-refractivity contribution in [1.82, 2.24) is 30.1 Å². The van der Waals surface area contributed by atoms with E-state index in [-0.39, 0.29) is 12.1 Å². The third-order valence-corrected chi connectivity index (χ3v) is 7.34. The summed E-state index contributed by atoms with van der Waals surface area (Å²) in [7, 11) is 0. The maximum atomic E-state index is 12.3. The summed E-state index contributed by atoms with van der Waals surface area (Å²) < 4.78 is 8.28. The van der Waals surface area contributed by atoms with Crippen molar-refractivity contribution in [3.63, 3.8) is 0 Å². The lowest BCUT2D eigenvalue weighted by Gasteiger charge is -2.30. The molecule has 0 saturated heterocycles. The van der Waals surface area contributed by atoms with Gasteiger partial charge in [-0.2, -0.15) is 10.1 Å². The third kappa shape index (κ3) is 4.60. The molecule has 0 radical (unpaired) electrons. The lowest BCUT2D eigenvalue weighted by Crippen LogP contribution is -2.41. The molecule has 2 fully saturated rings. The molecule has 0 bridgehead atoms. The van der Waals surface area contributed by atoms with E-state index in [4.69, 9.17) is 4.74 Å². The summed E-state index contributed by atoms with van der Waals surface area (Å²) in [5.41, 5.74) is 4.24. The number of hydrogen-bond donors (Lipinski definition) is 2. The Morgan fingerprint density at radius 1 is 1.11 bits per heavy atom. The topological polar surface area (TPSA) is 123 Å². The highest BCUT2D eigenvalue weighted by atomic mass is 16.5. The molecular formula is C27H28N8O2. The third-order valence-electron chi connectivity index (χ3n) is 7.34. The highest BCUT2D eigenvalue weighted by molar-refractivity contribution is 5.96. The van der Waals surface area contributed by atoms with E-state index in [0.29, 0.717) is 24.8 Å². The molecule has 6 rings (SSSR count).